The highest BCUT2D eigenvalue weighted by Gasteiger charge is 2.09. The molecule has 6 heteroatoms. The van der Waals surface area contributed by atoms with E-state index in [1.54, 1.807) is 0 Å². The highest BCUT2D eigenvalue weighted by atomic mass is 16.6. The molecule has 0 aromatic carbocycles. The average molecular weight is 244 g/mol. The molecule has 17 heavy (non-hydrogen) atoms. The molecule has 1 unspecified atom stereocenters. The van der Waals surface area contributed by atoms with Crippen LogP contribution in [0.3, 0.4) is 0 Å². The summed E-state index contributed by atoms with van der Waals surface area (Å²) in [5, 5.41) is 6.07. The summed E-state index contributed by atoms with van der Waals surface area (Å²) in [5.74, 6) is 0.340. The quantitative estimate of drug-likeness (QED) is 0.669. The summed E-state index contributed by atoms with van der Waals surface area (Å²) >= 11 is 0. The van der Waals surface area contributed by atoms with Crippen molar-refractivity contribution in [2.75, 3.05) is 13.7 Å². The first kappa shape index (κ1) is 15.5. The molecule has 0 radical (unpaired) electrons. The third-order valence-corrected chi connectivity index (χ3v) is 2.37. The maximum atomic E-state index is 11.1. The minimum Gasteiger partial charge on any atom is -0.450 e. The lowest BCUT2D eigenvalue weighted by Gasteiger charge is -2.12. The van der Waals surface area contributed by atoms with Crippen LogP contribution in [0.4, 0.5) is 9.59 Å². The molecule has 0 rings (SSSR count). The molecule has 0 saturated carbocycles. The molecule has 0 fully saturated rings. The van der Waals surface area contributed by atoms with Crippen LogP contribution in [0.5, 0.6) is 0 Å². The molecular formula is C11H20N2O4. The van der Waals surface area contributed by atoms with Crippen LogP contribution in [-0.2, 0) is 9.47 Å². The van der Waals surface area contributed by atoms with Crippen molar-refractivity contribution >= 4 is 12.2 Å². The van der Waals surface area contributed by atoms with Gasteiger partial charge in [-0.05, 0) is 12.3 Å². The van der Waals surface area contributed by atoms with Crippen LogP contribution in [0.15, 0.2) is 10.2 Å². The van der Waals surface area contributed by atoms with Gasteiger partial charge in [0.1, 0.15) is 0 Å². The molecule has 0 aliphatic carbocycles. The highest BCUT2D eigenvalue weighted by molar-refractivity contribution is 5.72. The molecule has 0 heterocycles. The van der Waals surface area contributed by atoms with E-state index in [1.807, 2.05) is 6.92 Å². The molecule has 0 aromatic heterocycles. The van der Waals surface area contributed by atoms with Gasteiger partial charge in [0.25, 0.3) is 0 Å². The normalized spacial score (nSPS) is 12.4. The fraction of sp³-hybridized carbons (Fsp3) is 0.818. The summed E-state index contributed by atoms with van der Waals surface area (Å²) in [6.45, 7) is 4.48. The first-order valence-corrected chi connectivity index (χ1v) is 5.80. The van der Waals surface area contributed by atoms with E-state index in [2.05, 4.69) is 21.9 Å². The van der Waals surface area contributed by atoms with Gasteiger partial charge in [-0.25, -0.2) is 9.59 Å². The van der Waals surface area contributed by atoms with Crippen molar-refractivity contribution in [2.45, 2.75) is 39.5 Å². The van der Waals surface area contributed by atoms with Crippen molar-refractivity contribution < 1.29 is 19.1 Å². The molecule has 98 valence electrons. The number of carbonyl (C=O) groups excluding carboxylic acids is 2. The molecule has 2 amide bonds. The van der Waals surface area contributed by atoms with Gasteiger partial charge in [0, 0.05) is 0 Å². The molecule has 0 saturated heterocycles. The summed E-state index contributed by atoms with van der Waals surface area (Å²) in [7, 11) is 1.16. The average Bonchev–Trinajstić information content (AvgIpc) is 2.36. The maximum absolute atomic E-state index is 11.1. The van der Waals surface area contributed by atoms with Crippen molar-refractivity contribution in [3.63, 3.8) is 0 Å². The zero-order valence-electron chi connectivity index (χ0n) is 10.6. The van der Waals surface area contributed by atoms with Crippen LogP contribution < -0.4 is 0 Å². The van der Waals surface area contributed by atoms with E-state index in [0.29, 0.717) is 12.5 Å². The van der Waals surface area contributed by atoms with Crippen LogP contribution in [-0.4, -0.2) is 25.9 Å². The van der Waals surface area contributed by atoms with Crippen molar-refractivity contribution in [3.8, 4) is 0 Å². The first-order valence-electron chi connectivity index (χ1n) is 5.80. The lowest BCUT2D eigenvalue weighted by Crippen LogP contribution is -2.11. The Kier molecular flexibility index (Phi) is 8.91. The molecule has 1 atom stereocenters. The Labute approximate surface area is 101 Å². The third kappa shape index (κ3) is 8.36. The molecule has 0 aliphatic heterocycles. The zero-order chi connectivity index (χ0) is 13.1. The lowest BCUT2D eigenvalue weighted by atomic mass is 10.0. The fourth-order valence-electron chi connectivity index (χ4n) is 1.24. The highest BCUT2D eigenvalue weighted by Crippen LogP contribution is 2.13. The summed E-state index contributed by atoms with van der Waals surface area (Å²) in [6, 6.07) is 0. The predicted molar refractivity (Wildman–Crippen MR) is 61.9 cm³/mol. The monoisotopic (exact) mass is 244 g/mol. The predicted octanol–water partition coefficient (Wildman–Crippen LogP) is 3.56. The Morgan fingerprint density at radius 1 is 1.18 bits per heavy atom. The van der Waals surface area contributed by atoms with Gasteiger partial charge in [-0.3, -0.25) is 0 Å². The van der Waals surface area contributed by atoms with Gasteiger partial charge in [0.15, 0.2) is 0 Å². The Morgan fingerprint density at radius 3 is 2.35 bits per heavy atom. The first-order chi connectivity index (χ1) is 8.13. The Hall–Kier alpha value is -1.46. The van der Waals surface area contributed by atoms with E-state index in [-0.39, 0.29) is 0 Å². The smallest absolute Gasteiger partial charge is 0.450 e. The van der Waals surface area contributed by atoms with Gasteiger partial charge in [-0.15, -0.1) is 0 Å². The van der Waals surface area contributed by atoms with E-state index in [4.69, 9.17) is 4.74 Å². The van der Waals surface area contributed by atoms with Gasteiger partial charge < -0.3 is 9.47 Å². The molecule has 0 bridgehead atoms. The van der Waals surface area contributed by atoms with Crippen molar-refractivity contribution in [1.82, 2.24) is 0 Å². The van der Waals surface area contributed by atoms with E-state index in [1.165, 1.54) is 0 Å². The second-order valence-corrected chi connectivity index (χ2v) is 3.66. The SMILES string of the molecule is CCCCC(CC)COC(=O)N=NC(=O)OC. The van der Waals surface area contributed by atoms with Crippen LogP contribution in [0.1, 0.15) is 39.5 Å². The molecule has 0 N–H and O–H groups in total. The fourth-order valence-corrected chi connectivity index (χ4v) is 1.24. The van der Waals surface area contributed by atoms with Crippen molar-refractivity contribution in [3.05, 3.63) is 0 Å². The number of nitrogens with zero attached hydrogens (tertiary/aromatic N) is 2. The van der Waals surface area contributed by atoms with Gasteiger partial charge in [-0.1, -0.05) is 43.3 Å². The number of azo groups is 1. The van der Waals surface area contributed by atoms with Crippen LogP contribution in [0.2, 0.25) is 0 Å². The topological polar surface area (TPSA) is 77.3 Å². The summed E-state index contributed by atoms with van der Waals surface area (Å²) in [6.07, 6.45) is 2.42. The van der Waals surface area contributed by atoms with Gasteiger partial charge in [0.05, 0.1) is 13.7 Å². The molecule has 0 spiro atoms. The maximum Gasteiger partial charge on any atom is 0.452 e. The third-order valence-electron chi connectivity index (χ3n) is 2.37. The van der Waals surface area contributed by atoms with Crippen LogP contribution >= 0.6 is 0 Å². The van der Waals surface area contributed by atoms with Crippen LogP contribution in [0.25, 0.3) is 0 Å². The second kappa shape index (κ2) is 9.74. The minimum atomic E-state index is -0.917. The van der Waals surface area contributed by atoms with E-state index in [0.717, 1.165) is 32.8 Å². The minimum absolute atomic E-state index is 0.315. The Morgan fingerprint density at radius 2 is 1.82 bits per heavy atom. The van der Waals surface area contributed by atoms with Gasteiger partial charge in [-0.2, -0.15) is 0 Å². The van der Waals surface area contributed by atoms with Crippen molar-refractivity contribution in [1.29, 1.82) is 0 Å². The van der Waals surface area contributed by atoms with E-state index >= 15 is 0 Å². The number of unbranched alkanes of at least 4 members (excludes halogenated alkanes) is 1. The number of carbonyl (C=O) groups is 2. The Bertz CT molecular complexity index is 266. The number of amides is 2. The van der Waals surface area contributed by atoms with Crippen molar-refractivity contribution in [2.24, 2.45) is 16.1 Å². The molecule has 0 aliphatic rings. The standard InChI is InChI=1S/C11H20N2O4/c1-4-6-7-9(5-2)8-17-11(15)13-12-10(14)16-3/h9H,4-8H2,1-3H3. The Balaban J connectivity index is 3.88. The number of methoxy groups -OCH3 is 1. The molecule has 0 aromatic rings. The number of ether oxygens (including phenoxy) is 2. The van der Waals surface area contributed by atoms with E-state index in [9.17, 15) is 9.59 Å². The molecule has 6 nitrogen and oxygen atoms in total. The second-order valence-electron chi connectivity index (χ2n) is 3.66. The van der Waals surface area contributed by atoms with E-state index < -0.39 is 12.2 Å². The zero-order valence-corrected chi connectivity index (χ0v) is 10.6. The summed E-state index contributed by atoms with van der Waals surface area (Å²) in [4.78, 5) is 21.6. The van der Waals surface area contributed by atoms with Crippen LogP contribution in [0, 0.1) is 5.92 Å². The number of rotatable bonds is 6. The molecular weight excluding hydrogens is 224 g/mol. The summed E-state index contributed by atoms with van der Waals surface area (Å²) < 4.78 is 9.07. The van der Waals surface area contributed by atoms with Gasteiger partial charge in [0.2, 0.25) is 0 Å². The largest absolute Gasteiger partial charge is 0.452 e. The lowest BCUT2D eigenvalue weighted by molar-refractivity contribution is 0.129. The van der Waals surface area contributed by atoms with Gasteiger partial charge >= 0.3 is 12.2 Å². The number of hydrogen-bond acceptors (Lipinski definition) is 4. The summed E-state index contributed by atoms with van der Waals surface area (Å²) in [5.41, 5.74) is 0. The number of hydrogen-bond donors (Lipinski definition) is 0.